The average molecular weight is 244 g/mol. The molecule has 0 aliphatic carbocycles. The minimum atomic E-state index is 0.313. The summed E-state index contributed by atoms with van der Waals surface area (Å²) >= 11 is 0. The summed E-state index contributed by atoms with van der Waals surface area (Å²) in [4.78, 5) is 14.1. The lowest BCUT2D eigenvalue weighted by Gasteiger charge is -2.27. The van der Waals surface area contributed by atoms with Gasteiger partial charge in [0.25, 0.3) is 0 Å². The molecule has 1 N–H and O–H groups in total. The molecule has 18 heavy (non-hydrogen) atoms. The molecule has 0 radical (unpaired) electrons. The van der Waals surface area contributed by atoms with Crippen molar-refractivity contribution in [1.29, 1.82) is 0 Å². The first kappa shape index (κ1) is 11.7. The van der Waals surface area contributed by atoms with Crippen molar-refractivity contribution in [3.05, 3.63) is 35.4 Å². The van der Waals surface area contributed by atoms with Crippen LogP contribution < -0.4 is 5.32 Å². The number of nitrogens with one attached hydrogen (secondary N) is 1. The number of hydrogen-bond donors (Lipinski definition) is 1. The molecule has 1 saturated heterocycles. The van der Waals surface area contributed by atoms with E-state index in [-0.39, 0.29) is 0 Å². The Kier molecular flexibility index (Phi) is 3.33. The van der Waals surface area contributed by atoms with E-state index >= 15 is 0 Å². The van der Waals surface area contributed by atoms with Gasteiger partial charge in [-0.05, 0) is 30.4 Å². The number of hydrogen-bond acceptors (Lipinski definition) is 2. The highest BCUT2D eigenvalue weighted by molar-refractivity contribution is 5.77. The number of carbonyl (C=O) groups is 1. The van der Waals surface area contributed by atoms with E-state index in [1.54, 1.807) is 0 Å². The highest BCUT2D eigenvalue weighted by Gasteiger charge is 2.24. The molecule has 1 aromatic rings. The van der Waals surface area contributed by atoms with Gasteiger partial charge < -0.3 is 10.2 Å². The summed E-state index contributed by atoms with van der Waals surface area (Å²) in [6, 6.07) is 8.83. The van der Waals surface area contributed by atoms with Crippen LogP contribution in [-0.4, -0.2) is 29.9 Å². The van der Waals surface area contributed by atoms with Crippen LogP contribution in [0.15, 0.2) is 24.3 Å². The van der Waals surface area contributed by atoms with Crippen LogP contribution in [0.1, 0.15) is 30.4 Å². The first-order valence-corrected chi connectivity index (χ1v) is 6.91. The zero-order valence-electron chi connectivity index (χ0n) is 10.7. The molecule has 0 bridgehead atoms. The fourth-order valence-corrected chi connectivity index (χ4v) is 2.97. The summed E-state index contributed by atoms with van der Waals surface area (Å²) in [5.74, 6) is 0.324. The summed E-state index contributed by atoms with van der Waals surface area (Å²) in [6.07, 6.45) is 3.98. The van der Waals surface area contributed by atoms with Gasteiger partial charge in [0.15, 0.2) is 0 Å². The van der Waals surface area contributed by atoms with Crippen LogP contribution in [0.4, 0.5) is 0 Å². The van der Waals surface area contributed by atoms with E-state index in [1.165, 1.54) is 24.0 Å². The van der Waals surface area contributed by atoms with Crippen molar-refractivity contribution < 1.29 is 4.79 Å². The maximum Gasteiger partial charge on any atom is 0.224 e. The van der Waals surface area contributed by atoms with Gasteiger partial charge in [-0.1, -0.05) is 24.3 Å². The van der Waals surface area contributed by atoms with Crippen LogP contribution in [-0.2, 0) is 17.8 Å². The predicted octanol–water partition coefficient (Wildman–Crippen LogP) is 1.71. The van der Waals surface area contributed by atoms with Crippen molar-refractivity contribution in [3.63, 3.8) is 0 Å². The number of nitrogens with zero attached hydrogens (tertiary/aromatic N) is 1. The minimum absolute atomic E-state index is 0.313. The Balaban J connectivity index is 1.60. The normalized spacial score (nSPS) is 22.9. The van der Waals surface area contributed by atoms with Crippen molar-refractivity contribution in [2.75, 3.05) is 13.1 Å². The predicted molar refractivity (Wildman–Crippen MR) is 71.2 cm³/mol. The maximum atomic E-state index is 12.1. The van der Waals surface area contributed by atoms with Gasteiger partial charge in [-0.15, -0.1) is 0 Å². The van der Waals surface area contributed by atoms with E-state index in [1.807, 2.05) is 4.90 Å². The van der Waals surface area contributed by atoms with Crippen LogP contribution in [0.2, 0.25) is 0 Å². The summed E-state index contributed by atoms with van der Waals surface area (Å²) in [5.41, 5.74) is 2.78. The lowest BCUT2D eigenvalue weighted by molar-refractivity contribution is -0.130. The summed E-state index contributed by atoms with van der Waals surface area (Å²) in [6.45, 7) is 2.82. The number of carbonyl (C=O) groups excluding carboxylic acids is 1. The molecule has 1 amide bonds. The zero-order valence-corrected chi connectivity index (χ0v) is 10.7. The Bertz CT molecular complexity index is 438. The molecular formula is C15H20N2O. The van der Waals surface area contributed by atoms with E-state index in [0.717, 1.165) is 26.1 Å². The van der Waals surface area contributed by atoms with Crippen molar-refractivity contribution in [1.82, 2.24) is 10.2 Å². The fourth-order valence-electron chi connectivity index (χ4n) is 2.97. The van der Waals surface area contributed by atoms with Gasteiger partial charge in [0.05, 0.1) is 0 Å². The molecule has 3 rings (SSSR count). The third-order valence-electron chi connectivity index (χ3n) is 4.05. The van der Waals surface area contributed by atoms with Crippen molar-refractivity contribution in [2.24, 2.45) is 0 Å². The van der Waals surface area contributed by atoms with Gasteiger partial charge in [-0.2, -0.15) is 0 Å². The fraction of sp³-hybridized carbons (Fsp3) is 0.533. The van der Waals surface area contributed by atoms with Crippen molar-refractivity contribution in [2.45, 2.75) is 38.3 Å². The number of amides is 1. The van der Waals surface area contributed by atoms with Crippen LogP contribution in [0.25, 0.3) is 0 Å². The third-order valence-corrected chi connectivity index (χ3v) is 4.05. The smallest absolute Gasteiger partial charge is 0.224 e. The maximum absolute atomic E-state index is 12.1. The Morgan fingerprint density at radius 2 is 1.94 bits per heavy atom. The topological polar surface area (TPSA) is 32.3 Å². The second-order valence-electron chi connectivity index (χ2n) is 5.34. The quantitative estimate of drug-likeness (QED) is 0.859. The lowest BCUT2D eigenvalue weighted by Crippen LogP contribution is -2.40. The highest BCUT2D eigenvalue weighted by Crippen LogP contribution is 2.19. The molecule has 2 aliphatic rings. The molecule has 0 saturated carbocycles. The Hall–Kier alpha value is -1.35. The third kappa shape index (κ3) is 2.41. The lowest BCUT2D eigenvalue weighted by atomic mass is 9.94. The van der Waals surface area contributed by atoms with Gasteiger partial charge >= 0.3 is 0 Å². The largest absolute Gasteiger partial charge is 0.343 e. The van der Waals surface area contributed by atoms with Crippen LogP contribution in [0, 0.1) is 0 Å². The second-order valence-corrected chi connectivity index (χ2v) is 5.34. The Labute approximate surface area is 108 Å². The van der Waals surface area contributed by atoms with Crippen molar-refractivity contribution in [3.8, 4) is 0 Å². The van der Waals surface area contributed by atoms with E-state index in [4.69, 9.17) is 0 Å². The first-order valence-electron chi connectivity index (χ1n) is 6.91. The van der Waals surface area contributed by atoms with Crippen molar-refractivity contribution >= 4 is 5.91 Å². The van der Waals surface area contributed by atoms with Crippen LogP contribution in [0.3, 0.4) is 0 Å². The van der Waals surface area contributed by atoms with E-state index < -0.39 is 0 Å². The monoisotopic (exact) mass is 244 g/mol. The highest BCUT2D eigenvalue weighted by atomic mass is 16.2. The Morgan fingerprint density at radius 3 is 2.72 bits per heavy atom. The number of rotatable bonds is 2. The number of fused-ring (bicyclic) bond motifs is 1. The molecule has 1 unspecified atom stereocenters. The molecular weight excluding hydrogens is 224 g/mol. The van der Waals surface area contributed by atoms with Crippen LogP contribution in [0.5, 0.6) is 0 Å². The molecule has 1 fully saturated rings. The Morgan fingerprint density at radius 1 is 1.22 bits per heavy atom. The SMILES string of the molecule is O=C(CC1Cc2ccccc2CN1)N1CCCC1. The van der Waals surface area contributed by atoms with E-state index in [9.17, 15) is 4.79 Å². The van der Waals surface area contributed by atoms with Gasteiger partial charge in [0.2, 0.25) is 5.91 Å². The molecule has 0 spiro atoms. The van der Waals surface area contributed by atoms with E-state index in [2.05, 4.69) is 29.6 Å². The molecule has 3 heteroatoms. The molecule has 3 nitrogen and oxygen atoms in total. The molecule has 2 aliphatic heterocycles. The first-order chi connectivity index (χ1) is 8.83. The van der Waals surface area contributed by atoms with Gasteiger partial charge in [-0.3, -0.25) is 4.79 Å². The summed E-state index contributed by atoms with van der Waals surface area (Å²) < 4.78 is 0. The number of likely N-dealkylation sites (tertiary alicyclic amines) is 1. The molecule has 2 heterocycles. The standard InChI is InChI=1S/C15H20N2O/c18-15(17-7-3-4-8-17)10-14-9-12-5-1-2-6-13(12)11-16-14/h1-2,5-6,14,16H,3-4,7-11H2. The van der Waals surface area contributed by atoms with Gasteiger partial charge in [0.1, 0.15) is 0 Å². The van der Waals surface area contributed by atoms with E-state index in [0.29, 0.717) is 18.4 Å². The van der Waals surface area contributed by atoms with Gasteiger partial charge in [0, 0.05) is 32.1 Å². The van der Waals surface area contributed by atoms with Gasteiger partial charge in [-0.25, -0.2) is 0 Å². The zero-order chi connectivity index (χ0) is 12.4. The number of benzene rings is 1. The second kappa shape index (κ2) is 5.11. The molecule has 1 atom stereocenters. The molecule has 1 aromatic carbocycles. The summed E-state index contributed by atoms with van der Waals surface area (Å²) in [5, 5.41) is 3.48. The molecule has 0 aromatic heterocycles. The molecule has 96 valence electrons. The van der Waals surface area contributed by atoms with Crippen LogP contribution >= 0.6 is 0 Å². The summed E-state index contributed by atoms with van der Waals surface area (Å²) in [7, 11) is 0. The average Bonchev–Trinajstić information content (AvgIpc) is 2.92. The minimum Gasteiger partial charge on any atom is -0.343 e.